The van der Waals surface area contributed by atoms with Crippen molar-refractivity contribution >= 4 is 5.91 Å². The lowest BCUT2D eigenvalue weighted by Gasteiger charge is -2.07. The molecule has 2 N–H and O–H groups in total. The van der Waals surface area contributed by atoms with Crippen LogP contribution >= 0.6 is 0 Å². The molecule has 3 rings (SSSR count). The van der Waals surface area contributed by atoms with E-state index in [1.54, 1.807) is 6.07 Å². The molecule has 0 aliphatic heterocycles. The summed E-state index contributed by atoms with van der Waals surface area (Å²) in [6.07, 6.45) is 0. The second kappa shape index (κ2) is 7.43. The van der Waals surface area contributed by atoms with E-state index in [4.69, 9.17) is 4.74 Å². The lowest BCUT2D eigenvalue weighted by Crippen LogP contribution is -2.28. The molecule has 2 heterocycles. The van der Waals surface area contributed by atoms with Crippen LogP contribution in [0.4, 0.5) is 0 Å². The number of carbonyl (C=O) groups excluding carboxylic acids is 1. The van der Waals surface area contributed by atoms with Crippen molar-refractivity contribution in [2.45, 2.75) is 20.8 Å². The first-order valence-electron chi connectivity index (χ1n) is 8.49. The van der Waals surface area contributed by atoms with Crippen LogP contribution in [0.3, 0.4) is 0 Å². The smallest absolute Gasteiger partial charge is 0.269 e. The zero-order valence-electron chi connectivity index (χ0n) is 15.5. The van der Waals surface area contributed by atoms with E-state index < -0.39 is 0 Å². The number of H-pyrrole nitrogens is 1. The predicted octanol–water partition coefficient (Wildman–Crippen LogP) is 2.54. The van der Waals surface area contributed by atoms with Crippen LogP contribution in [0.1, 0.15) is 27.4 Å². The molecule has 136 valence electrons. The molecule has 0 unspecified atom stereocenters. The van der Waals surface area contributed by atoms with Gasteiger partial charge in [-0.2, -0.15) is 10.2 Å². The van der Waals surface area contributed by atoms with Crippen molar-refractivity contribution in [3.63, 3.8) is 0 Å². The molecule has 0 spiro atoms. The molecule has 0 aliphatic carbocycles. The summed E-state index contributed by atoms with van der Waals surface area (Å²) in [6, 6.07) is 9.55. The minimum Gasteiger partial charge on any atom is -0.492 e. The summed E-state index contributed by atoms with van der Waals surface area (Å²) in [5, 5.41) is 14.3. The monoisotopic (exact) mass is 353 g/mol. The number of aromatic nitrogens is 4. The molecule has 3 aromatic rings. The topological polar surface area (TPSA) is 84.8 Å². The van der Waals surface area contributed by atoms with Gasteiger partial charge in [-0.25, -0.2) is 0 Å². The number of aryl methyl sites for hydroxylation is 3. The van der Waals surface area contributed by atoms with Crippen LogP contribution in [0.5, 0.6) is 5.75 Å². The summed E-state index contributed by atoms with van der Waals surface area (Å²) >= 11 is 0. The fraction of sp³-hybridized carbons (Fsp3) is 0.316. The molecule has 0 atom stereocenters. The maximum absolute atomic E-state index is 12.3. The number of rotatable bonds is 6. The lowest BCUT2D eigenvalue weighted by molar-refractivity contribution is 0.0942. The van der Waals surface area contributed by atoms with E-state index in [1.165, 1.54) is 5.56 Å². The highest BCUT2D eigenvalue weighted by Gasteiger charge is 2.16. The number of benzene rings is 1. The molecular formula is C19H23N5O2. The van der Waals surface area contributed by atoms with Gasteiger partial charge in [-0.3, -0.25) is 14.6 Å². The fourth-order valence-electron chi connectivity index (χ4n) is 2.77. The summed E-state index contributed by atoms with van der Waals surface area (Å²) in [6.45, 7) is 6.74. The van der Waals surface area contributed by atoms with Gasteiger partial charge in [0.15, 0.2) is 0 Å². The van der Waals surface area contributed by atoms with Gasteiger partial charge in [0.2, 0.25) is 0 Å². The molecule has 2 aromatic heterocycles. The number of amides is 1. The average Bonchev–Trinajstić information content (AvgIpc) is 3.18. The van der Waals surface area contributed by atoms with E-state index in [-0.39, 0.29) is 5.91 Å². The number of hydrogen-bond donors (Lipinski definition) is 2. The largest absolute Gasteiger partial charge is 0.492 e. The third-order valence-electron chi connectivity index (χ3n) is 4.26. The molecular weight excluding hydrogens is 330 g/mol. The van der Waals surface area contributed by atoms with E-state index in [0.29, 0.717) is 24.5 Å². The van der Waals surface area contributed by atoms with Crippen molar-refractivity contribution in [1.82, 2.24) is 25.3 Å². The number of ether oxygens (including phenoxy) is 1. The summed E-state index contributed by atoms with van der Waals surface area (Å²) in [7, 11) is 1.89. The molecule has 0 bridgehead atoms. The fourth-order valence-corrected chi connectivity index (χ4v) is 2.77. The second-order valence-electron chi connectivity index (χ2n) is 6.25. The molecule has 1 amide bonds. The summed E-state index contributed by atoms with van der Waals surface area (Å²) in [4.78, 5) is 12.3. The predicted molar refractivity (Wildman–Crippen MR) is 99.3 cm³/mol. The Bertz CT molecular complexity index is 909. The van der Waals surface area contributed by atoms with Gasteiger partial charge < -0.3 is 10.1 Å². The van der Waals surface area contributed by atoms with Crippen LogP contribution in [-0.4, -0.2) is 39.0 Å². The Hall–Kier alpha value is -3.09. The highest BCUT2D eigenvalue weighted by Crippen LogP contribution is 2.25. The van der Waals surface area contributed by atoms with Gasteiger partial charge in [0.1, 0.15) is 18.1 Å². The van der Waals surface area contributed by atoms with Crippen molar-refractivity contribution < 1.29 is 9.53 Å². The molecule has 0 fully saturated rings. The van der Waals surface area contributed by atoms with Gasteiger partial charge in [-0.15, -0.1) is 0 Å². The van der Waals surface area contributed by atoms with Gasteiger partial charge >= 0.3 is 0 Å². The van der Waals surface area contributed by atoms with Gasteiger partial charge in [-0.05, 0) is 39.0 Å². The van der Waals surface area contributed by atoms with E-state index in [1.807, 2.05) is 56.8 Å². The van der Waals surface area contributed by atoms with Crippen LogP contribution in [0.25, 0.3) is 11.3 Å². The average molecular weight is 353 g/mol. The van der Waals surface area contributed by atoms with Gasteiger partial charge in [-0.1, -0.05) is 17.7 Å². The molecule has 26 heavy (non-hydrogen) atoms. The van der Waals surface area contributed by atoms with Gasteiger partial charge in [0, 0.05) is 18.3 Å². The normalized spacial score (nSPS) is 10.8. The Morgan fingerprint density at radius 3 is 2.62 bits per heavy atom. The van der Waals surface area contributed by atoms with Crippen molar-refractivity contribution in [3.05, 3.63) is 53.0 Å². The van der Waals surface area contributed by atoms with Gasteiger partial charge in [0.25, 0.3) is 5.91 Å². The van der Waals surface area contributed by atoms with E-state index in [2.05, 4.69) is 20.6 Å². The third-order valence-corrected chi connectivity index (χ3v) is 4.26. The van der Waals surface area contributed by atoms with E-state index in [0.717, 1.165) is 22.7 Å². The zero-order chi connectivity index (χ0) is 18.7. The highest BCUT2D eigenvalue weighted by atomic mass is 16.5. The van der Waals surface area contributed by atoms with Crippen molar-refractivity contribution in [2.75, 3.05) is 13.2 Å². The number of carbonyl (C=O) groups is 1. The Morgan fingerprint density at radius 2 is 1.96 bits per heavy atom. The van der Waals surface area contributed by atoms with E-state index >= 15 is 0 Å². The molecule has 1 aromatic carbocycles. The first-order chi connectivity index (χ1) is 12.5. The molecule has 0 radical (unpaired) electrons. The Balaban J connectivity index is 1.56. The second-order valence-corrected chi connectivity index (χ2v) is 6.25. The van der Waals surface area contributed by atoms with Crippen LogP contribution in [0.2, 0.25) is 0 Å². The SMILES string of the molecule is Cc1ccc(OCCNC(=O)c2cc(-c3c(C)nn(C)c3C)n[nH]2)cc1. The van der Waals surface area contributed by atoms with Crippen LogP contribution in [0, 0.1) is 20.8 Å². The Kier molecular flexibility index (Phi) is 5.06. The molecule has 0 saturated carbocycles. The maximum atomic E-state index is 12.3. The number of nitrogens with one attached hydrogen (secondary N) is 2. The van der Waals surface area contributed by atoms with Gasteiger partial charge in [0.05, 0.1) is 17.9 Å². The van der Waals surface area contributed by atoms with Crippen molar-refractivity contribution in [2.24, 2.45) is 7.05 Å². The first-order valence-corrected chi connectivity index (χ1v) is 8.49. The minimum absolute atomic E-state index is 0.213. The third kappa shape index (κ3) is 3.77. The van der Waals surface area contributed by atoms with Crippen LogP contribution in [0.15, 0.2) is 30.3 Å². The first kappa shape index (κ1) is 17.7. The maximum Gasteiger partial charge on any atom is 0.269 e. The zero-order valence-corrected chi connectivity index (χ0v) is 15.5. The van der Waals surface area contributed by atoms with Crippen molar-refractivity contribution in [1.29, 1.82) is 0 Å². The standard InChI is InChI=1S/C19H23N5O2/c1-12-5-7-15(8-6-12)26-10-9-20-19(25)17-11-16(21-22-17)18-13(2)23-24(4)14(18)3/h5-8,11H,9-10H2,1-4H3,(H,20,25)(H,21,22). The molecule has 0 aliphatic rings. The number of aromatic amines is 1. The highest BCUT2D eigenvalue weighted by molar-refractivity contribution is 5.93. The summed E-state index contributed by atoms with van der Waals surface area (Å²) < 4.78 is 7.41. The Morgan fingerprint density at radius 1 is 1.23 bits per heavy atom. The van der Waals surface area contributed by atoms with Crippen LogP contribution < -0.4 is 10.1 Å². The lowest BCUT2D eigenvalue weighted by atomic mass is 10.1. The van der Waals surface area contributed by atoms with E-state index in [9.17, 15) is 4.79 Å². The van der Waals surface area contributed by atoms with Crippen molar-refractivity contribution in [3.8, 4) is 17.0 Å². The number of nitrogens with zero attached hydrogens (tertiary/aromatic N) is 3. The number of hydrogen-bond acceptors (Lipinski definition) is 4. The van der Waals surface area contributed by atoms with Crippen LogP contribution in [-0.2, 0) is 7.05 Å². The molecule has 0 saturated heterocycles. The molecule has 7 heteroatoms. The quantitative estimate of drug-likeness (QED) is 0.667. The summed E-state index contributed by atoms with van der Waals surface area (Å²) in [5.74, 6) is 0.576. The minimum atomic E-state index is -0.213. The molecule has 7 nitrogen and oxygen atoms in total. The Labute approximate surface area is 152 Å². The summed E-state index contributed by atoms with van der Waals surface area (Å²) in [5.41, 5.74) is 5.15.